The summed E-state index contributed by atoms with van der Waals surface area (Å²) in [5.41, 5.74) is 0. The number of hydrogen-bond donors (Lipinski definition) is 0. The van der Waals surface area contributed by atoms with Gasteiger partial charge in [-0.15, -0.1) is 0 Å². The average molecular weight is 344 g/mol. The van der Waals surface area contributed by atoms with Crippen molar-refractivity contribution in [1.82, 2.24) is 0 Å². The average Bonchev–Trinajstić information content (AvgIpc) is 2.53. The van der Waals surface area contributed by atoms with Crippen LogP contribution in [0.5, 0.6) is 5.75 Å². The maximum atomic E-state index is 13.3. The molecule has 23 heavy (non-hydrogen) atoms. The quantitative estimate of drug-likeness (QED) is 0.266. The second kappa shape index (κ2) is 10.4. The SMILES string of the molecule is CCCCO[P@](=O)(CC(=O)OCC)c1ccccc1OCOC. The number of para-hydroxylation sites is 1. The largest absolute Gasteiger partial charge is 0.467 e. The summed E-state index contributed by atoms with van der Waals surface area (Å²) >= 11 is 0. The highest BCUT2D eigenvalue weighted by atomic mass is 31.2. The molecule has 1 aromatic rings. The summed E-state index contributed by atoms with van der Waals surface area (Å²) in [6.45, 7) is 4.28. The predicted molar refractivity (Wildman–Crippen MR) is 88.5 cm³/mol. The van der Waals surface area contributed by atoms with Gasteiger partial charge in [0.15, 0.2) is 6.79 Å². The van der Waals surface area contributed by atoms with Gasteiger partial charge in [0.05, 0.1) is 18.5 Å². The molecule has 0 aliphatic rings. The van der Waals surface area contributed by atoms with Crippen LogP contribution in [0.4, 0.5) is 0 Å². The minimum atomic E-state index is -3.42. The molecule has 0 aliphatic heterocycles. The molecule has 0 saturated heterocycles. The van der Waals surface area contributed by atoms with Gasteiger partial charge in [-0.05, 0) is 25.5 Å². The van der Waals surface area contributed by atoms with Crippen LogP contribution >= 0.6 is 7.37 Å². The first kappa shape index (κ1) is 19.7. The first-order valence-electron chi connectivity index (χ1n) is 7.68. The summed E-state index contributed by atoms with van der Waals surface area (Å²) in [6, 6.07) is 6.82. The topological polar surface area (TPSA) is 71.1 Å². The van der Waals surface area contributed by atoms with E-state index in [2.05, 4.69) is 0 Å². The molecule has 130 valence electrons. The standard InChI is InChI=1S/C16H25O6P/c1-4-6-11-22-23(18,12-16(17)20-5-2)15-10-8-7-9-14(15)21-13-19-3/h7-10H,4-6,11-13H2,1-3H3/t23-/m1/s1. The molecule has 0 N–H and O–H groups in total. The lowest BCUT2D eigenvalue weighted by atomic mass is 10.3. The monoisotopic (exact) mass is 344 g/mol. The van der Waals surface area contributed by atoms with E-state index >= 15 is 0 Å². The van der Waals surface area contributed by atoms with Crippen LogP contribution < -0.4 is 10.0 Å². The third kappa shape index (κ3) is 6.34. The Bertz CT molecular complexity index is 531. The fraction of sp³-hybridized carbons (Fsp3) is 0.562. The Labute approximate surface area is 137 Å². The number of ether oxygens (including phenoxy) is 3. The van der Waals surface area contributed by atoms with Crippen LogP contribution in [0.1, 0.15) is 26.7 Å². The number of methoxy groups -OCH3 is 1. The molecule has 0 radical (unpaired) electrons. The summed E-state index contributed by atoms with van der Waals surface area (Å²) in [5.74, 6) is -0.160. The third-order valence-electron chi connectivity index (χ3n) is 3.00. The van der Waals surface area contributed by atoms with Crippen LogP contribution in [0, 0.1) is 0 Å². The second-order valence-electron chi connectivity index (χ2n) is 4.84. The second-order valence-corrected chi connectivity index (χ2v) is 7.25. The molecule has 0 unspecified atom stereocenters. The Morgan fingerprint density at radius 3 is 2.61 bits per heavy atom. The summed E-state index contributed by atoms with van der Waals surface area (Å²) < 4.78 is 34.2. The van der Waals surface area contributed by atoms with Crippen molar-refractivity contribution in [2.75, 3.05) is 33.3 Å². The minimum absolute atomic E-state index is 0.0192. The fourth-order valence-electron chi connectivity index (χ4n) is 1.92. The molecule has 0 heterocycles. The highest BCUT2D eigenvalue weighted by Gasteiger charge is 2.33. The lowest BCUT2D eigenvalue weighted by molar-refractivity contribution is -0.140. The molecular formula is C16H25O6P. The van der Waals surface area contributed by atoms with Crippen molar-refractivity contribution >= 4 is 18.6 Å². The zero-order chi connectivity index (χ0) is 17.1. The molecule has 0 fully saturated rings. The van der Waals surface area contributed by atoms with E-state index in [-0.39, 0.29) is 19.6 Å². The molecule has 0 aliphatic carbocycles. The molecule has 6 nitrogen and oxygen atoms in total. The van der Waals surface area contributed by atoms with Crippen LogP contribution in [-0.4, -0.2) is 39.2 Å². The summed E-state index contributed by atoms with van der Waals surface area (Å²) in [7, 11) is -1.92. The zero-order valence-corrected chi connectivity index (χ0v) is 14.8. The molecular weight excluding hydrogens is 319 g/mol. The van der Waals surface area contributed by atoms with Crippen LogP contribution in [0.3, 0.4) is 0 Å². The van der Waals surface area contributed by atoms with Crippen molar-refractivity contribution in [3.05, 3.63) is 24.3 Å². The Balaban J connectivity index is 3.07. The van der Waals surface area contributed by atoms with E-state index in [9.17, 15) is 9.36 Å². The number of esters is 1. The van der Waals surface area contributed by atoms with E-state index in [1.807, 2.05) is 6.92 Å². The first-order valence-corrected chi connectivity index (χ1v) is 9.49. The number of rotatable bonds is 11. The van der Waals surface area contributed by atoms with Gasteiger partial charge in [-0.3, -0.25) is 9.36 Å². The Morgan fingerprint density at radius 1 is 1.22 bits per heavy atom. The minimum Gasteiger partial charge on any atom is -0.467 e. The first-order chi connectivity index (χ1) is 11.1. The Hall–Kier alpha value is -1.36. The van der Waals surface area contributed by atoms with Gasteiger partial charge in [0, 0.05) is 7.11 Å². The number of carbonyl (C=O) groups is 1. The molecule has 0 spiro atoms. The van der Waals surface area contributed by atoms with E-state index in [0.717, 1.165) is 12.8 Å². The third-order valence-corrected chi connectivity index (χ3v) is 5.38. The molecule has 1 aromatic carbocycles. The van der Waals surface area contributed by atoms with Crippen molar-refractivity contribution in [2.24, 2.45) is 0 Å². The lowest BCUT2D eigenvalue weighted by Gasteiger charge is -2.20. The predicted octanol–water partition coefficient (Wildman–Crippen LogP) is 2.95. The molecule has 0 bridgehead atoms. The molecule has 0 amide bonds. The van der Waals surface area contributed by atoms with Crippen LogP contribution in [0.15, 0.2) is 24.3 Å². The molecule has 1 atom stereocenters. The summed E-state index contributed by atoms with van der Waals surface area (Å²) in [4.78, 5) is 11.9. The number of unbranched alkanes of at least 4 members (excludes halogenated alkanes) is 1. The van der Waals surface area contributed by atoms with Gasteiger partial charge in [0.2, 0.25) is 7.37 Å². The van der Waals surface area contributed by atoms with E-state index in [4.69, 9.17) is 18.7 Å². The maximum Gasteiger partial charge on any atom is 0.315 e. The number of benzene rings is 1. The van der Waals surface area contributed by atoms with Crippen LogP contribution in [-0.2, 0) is 23.4 Å². The Morgan fingerprint density at radius 2 is 1.96 bits per heavy atom. The van der Waals surface area contributed by atoms with Crippen LogP contribution in [0.25, 0.3) is 0 Å². The summed E-state index contributed by atoms with van der Waals surface area (Å²) in [5, 5.41) is 0.376. The highest BCUT2D eigenvalue weighted by molar-refractivity contribution is 7.68. The number of carbonyl (C=O) groups excluding carboxylic acids is 1. The van der Waals surface area contributed by atoms with E-state index < -0.39 is 13.3 Å². The van der Waals surface area contributed by atoms with Gasteiger partial charge < -0.3 is 18.7 Å². The Kier molecular flexibility index (Phi) is 8.92. The normalized spacial score (nSPS) is 13.3. The van der Waals surface area contributed by atoms with Crippen molar-refractivity contribution < 1.29 is 28.1 Å². The lowest BCUT2D eigenvalue weighted by Crippen LogP contribution is -2.20. The van der Waals surface area contributed by atoms with Crippen molar-refractivity contribution in [3.63, 3.8) is 0 Å². The smallest absolute Gasteiger partial charge is 0.315 e. The van der Waals surface area contributed by atoms with Crippen molar-refractivity contribution in [2.45, 2.75) is 26.7 Å². The van der Waals surface area contributed by atoms with Gasteiger partial charge in [-0.25, -0.2) is 0 Å². The van der Waals surface area contributed by atoms with E-state index in [0.29, 0.717) is 17.7 Å². The van der Waals surface area contributed by atoms with E-state index in [1.165, 1.54) is 7.11 Å². The van der Waals surface area contributed by atoms with Crippen molar-refractivity contribution in [1.29, 1.82) is 0 Å². The number of hydrogen-bond acceptors (Lipinski definition) is 6. The molecule has 7 heteroatoms. The van der Waals surface area contributed by atoms with Gasteiger partial charge in [0.1, 0.15) is 11.9 Å². The van der Waals surface area contributed by atoms with Crippen LogP contribution in [0.2, 0.25) is 0 Å². The summed E-state index contributed by atoms with van der Waals surface area (Å²) in [6.07, 6.45) is 1.35. The van der Waals surface area contributed by atoms with Gasteiger partial charge in [-0.2, -0.15) is 0 Å². The van der Waals surface area contributed by atoms with Gasteiger partial charge in [-0.1, -0.05) is 25.5 Å². The van der Waals surface area contributed by atoms with Gasteiger partial charge in [0.25, 0.3) is 0 Å². The molecule has 1 rings (SSSR count). The highest BCUT2D eigenvalue weighted by Crippen LogP contribution is 2.48. The van der Waals surface area contributed by atoms with Gasteiger partial charge >= 0.3 is 5.97 Å². The zero-order valence-electron chi connectivity index (χ0n) is 13.9. The fourth-order valence-corrected chi connectivity index (χ4v) is 3.96. The molecule has 0 aromatic heterocycles. The van der Waals surface area contributed by atoms with E-state index in [1.54, 1.807) is 31.2 Å². The maximum absolute atomic E-state index is 13.3. The van der Waals surface area contributed by atoms with Crippen molar-refractivity contribution in [3.8, 4) is 5.75 Å². The molecule has 0 saturated carbocycles.